The number of aromatic nitrogens is 2. The third kappa shape index (κ3) is 3.69. The van der Waals surface area contributed by atoms with E-state index in [-0.39, 0.29) is 29.6 Å². The number of hydrogen-bond donors (Lipinski definition) is 3. The molecule has 4 heterocycles. The molecule has 0 atom stereocenters. The summed E-state index contributed by atoms with van der Waals surface area (Å²) in [6.07, 6.45) is 2.15. The minimum Gasteiger partial charge on any atom is -0.493 e. The highest BCUT2D eigenvalue weighted by atomic mass is 16.5. The monoisotopic (exact) mass is 446 g/mol. The third-order valence-corrected chi connectivity index (χ3v) is 5.84. The van der Waals surface area contributed by atoms with Crippen LogP contribution in [0.25, 0.3) is 10.9 Å². The Morgan fingerprint density at radius 1 is 1.30 bits per heavy atom. The van der Waals surface area contributed by atoms with E-state index in [2.05, 4.69) is 20.6 Å². The van der Waals surface area contributed by atoms with Crippen molar-refractivity contribution in [2.24, 2.45) is 5.73 Å². The van der Waals surface area contributed by atoms with Gasteiger partial charge in [0.1, 0.15) is 11.4 Å². The molecule has 5 rings (SSSR count). The maximum absolute atomic E-state index is 13.1. The number of pyridine rings is 2. The number of nitrogens with zero attached hydrogens (tertiary/aromatic N) is 3. The van der Waals surface area contributed by atoms with Gasteiger partial charge in [-0.05, 0) is 25.1 Å². The number of nitrogens with one attached hydrogen (secondary N) is 2. The predicted molar refractivity (Wildman–Crippen MR) is 121 cm³/mol. The van der Waals surface area contributed by atoms with E-state index in [0.29, 0.717) is 42.0 Å². The molecule has 3 amide bonds. The zero-order valence-corrected chi connectivity index (χ0v) is 18.0. The maximum atomic E-state index is 13.1. The number of carbonyl (C=O) groups is 3. The van der Waals surface area contributed by atoms with Gasteiger partial charge in [-0.3, -0.25) is 19.4 Å². The van der Waals surface area contributed by atoms with Crippen LogP contribution in [0.4, 0.5) is 11.4 Å². The van der Waals surface area contributed by atoms with Crippen molar-refractivity contribution >= 4 is 40.0 Å². The summed E-state index contributed by atoms with van der Waals surface area (Å²) in [6.45, 7) is 3.08. The van der Waals surface area contributed by atoms with Crippen molar-refractivity contribution in [2.75, 3.05) is 31.6 Å². The van der Waals surface area contributed by atoms with Gasteiger partial charge in [-0.1, -0.05) is 6.07 Å². The molecule has 3 aromatic rings. The molecule has 10 nitrogen and oxygen atoms in total. The molecule has 1 fully saturated rings. The normalized spacial score (nSPS) is 15.1. The van der Waals surface area contributed by atoms with Crippen LogP contribution in [0, 0.1) is 6.92 Å². The number of ether oxygens (including phenoxy) is 1. The van der Waals surface area contributed by atoms with Crippen molar-refractivity contribution in [1.29, 1.82) is 0 Å². The van der Waals surface area contributed by atoms with Crippen molar-refractivity contribution in [3.63, 3.8) is 0 Å². The van der Waals surface area contributed by atoms with Gasteiger partial charge in [0.25, 0.3) is 11.8 Å². The van der Waals surface area contributed by atoms with Gasteiger partial charge >= 0.3 is 0 Å². The third-order valence-electron chi connectivity index (χ3n) is 5.84. The minimum absolute atomic E-state index is 0.0293. The summed E-state index contributed by atoms with van der Waals surface area (Å²) in [5.41, 5.74) is 9.33. The zero-order valence-electron chi connectivity index (χ0n) is 18.0. The molecule has 0 radical (unpaired) electrons. The lowest BCUT2D eigenvalue weighted by atomic mass is 10.0. The summed E-state index contributed by atoms with van der Waals surface area (Å²) in [5.74, 6) is -0.437. The number of rotatable bonds is 4. The Morgan fingerprint density at radius 2 is 2.15 bits per heavy atom. The lowest BCUT2D eigenvalue weighted by Gasteiger charge is -2.26. The first kappa shape index (κ1) is 20.7. The highest BCUT2D eigenvalue weighted by molar-refractivity contribution is 6.09. The Labute approximate surface area is 189 Å². The minimum atomic E-state index is -0.647. The molecule has 1 saturated heterocycles. The van der Waals surface area contributed by atoms with Crippen LogP contribution in [-0.2, 0) is 11.2 Å². The van der Waals surface area contributed by atoms with E-state index in [1.807, 2.05) is 18.2 Å². The van der Waals surface area contributed by atoms with Gasteiger partial charge in [-0.25, -0.2) is 4.98 Å². The largest absolute Gasteiger partial charge is 0.493 e. The van der Waals surface area contributed by atoms with Crippen molar-refractivity contribution < 1.29 is 19.1 Å². The molecule has 0 saturated carbocycles. The van der Waals surface area contributed by atoms with Crippen LogP contribution in [0.5, 0.6) is 5.75 Å². The molecule has 168 valence electrons. The smallest absolute Gasteiger partial charge is 0.273 e. The molecule has 1 aromatic carbocycles. The van der Waals surface area contributed by atoms with Crippen molar-refractivity contribution in [2.45, 2.75) is 13.3 Å². The maximum Gasteiger partial charge on any atom is 0.273 e. The fourth-order valence-corrected chi connectivity index (χ4v) is 4.24. The van der Waals surface area contributed by atoms with Crippen molar-refractivity contribution in [1.82, 2.24) is 20.2 Å². The summed E-state index contributed by atoms with van der Waals surface area (Å²) in [6, 6.07) is 7.26. The van der Waals surface area contributed by atoms with E-state index < -0.39 is 5.91 Å². The predicted octanol–water partition coefficient (Wildman–Crippen LogP) is 1.29. The summed E-state index contributed by atoms with van der Waals surface area (Å²) in [5, 5.41) is 6.58. The molecule has 0 bridgehead atoms. The van der Waals surface area contributed by atoms with Gasteiger partial charge in [0.05, 0.1) is 35.6 Å². The first-order valence-electron chi connectivity index (χ1n) is 10.6. The van der Waals surface area contributed by atoms with E-state index in [4.69, 9.17) is 10.5 Å². The fourth-order valence-electron chi connectivity index (χ4n) is 4.24. The molecule has 0 unspecified atom stereocenters. The van der Waals surface area contributed by atoms with Crippen LogP contribution >= 0.6 is 0 Å². The number of hydrogen-bond acceptors (Lipinski definition) is 7. The molecular weight excluding hydrogens is 424 g/mol. The van der Waals surface area contributed by atoms with E-state index in [0.717, 1.165) is 23.4 Å². The molecule has 0 aliphatic carbocycles. The van der Waals surface area contributed by atoms with Crippen LogP contribution in [0.1, 0.15) is 32.1 Å². The van der Waals surface area contributed by atoms with Gasteiger partial charge in [-0.2, -0.15) is 0 Å². The van der Waals surface area contributed by atoms with Crippen LogP contribution in [0.15, 0.2) is 30.5 Å². The Bertz CT molecular complexity index is 1320. The van der Waals surface area contributed by atoms with Crippen LogP contribution in [0.3, 0.4) is 0 Å². The molecule has 2 aromatic heterocycles. The van der Waals surface area contributed by atoms with Crippen molar-refractivity contribution in [3.8, 4) is 5.75 Å². The SMILES string of the molecule is Cc1nc(C(=O)N2CCNC(=O)C2)cc2c(Nc3cccc4c3CCO4)c(C(N)=O)cnc12. The second-order valence-electron chi connectivity index (χ2n) is 7.98. The summed E-state index contributed by atoms with van der Waals surface area (Å²) < 4.78 is 5.65. The molecule has 4 N–H and O–H groups in total. The Hall–Kier alpha value is -4.21. The lowest BCUT2D eigenvalue weighted by Crippen LogP contribution is -2.50. The summed E-state index contributed by atoms with van der Waals surface area (Å²) in [4.78, 5) is 47.4. The van der Waals surface area contributed by atoms with E-state index in [9.17, 15) is 14.4 Å². The van der Waals surface area contributed by atoms with Gasteiger partial charge in [0.2, 0.25) is 5.91 Å². The second-order valence-corrected chi connectivity index (χ2v) is 7.98. The highest BCUT2D eigenvalue weighted by Gasteiger charge is 2.26. The summed E-state index contributed by atoms with van der Waals surface area (Å²) >= 11 is 0. The Kier molecular flexibility index (Phi) is 5.04. The number of amides is 3. The lowest BCUT2D eigenvalue weighted by molar-refractivity contribution is -0.123. The van der Waals surface area contributed by atoms with Gasteiger partial charge in [0, 0.05) is 42.3 Å². The molecule has 2 aliphatic rings. The average Bonchev–Trinajstić information content (AvgIpc) is 3.28. The number of piperazine rings is 1. The first-order chi connectivity index (χ1) is 15.9. The standard InChI is InChI=1S/C23H22N6O4/c1-12-20-14(9-17(27-12)23(32)29-7-6-25-19(30)11-29)21(15(10-26-20)22(24)31)28-16-3-2-4-18-13(16)5-8-33-18/h2-4,9-10H,5-8,11H2,1H3,(H2,24,31)(H,25,30)(H,26,28). The first-order valence-corrected chi connectivity index (χ1v) is 10.6. The second kappa shape index (κ2) is 8.05. The molecule has 2 aliphatic heterocycles. The number of aryl methyl sites for hydroxylation is 1. The van der Waals surface area contributed by atoms with Crippen molar-refractivity contribution in [3.05, 3.63) is 53.0 Å². The number of carbonyl (C=O) groups excluding carboxylic acids is 3. The number of fused-ring (bicyclic) bond motifs is 2. The zero-order chi connectivity index (χ0) is 23.1. The van der Waals surface area contributed by atoms with E-state index in [1.54, 1.807) is 13.0 Å². The van der Waals surface area contributed by atoms with Crippen LogP contribution in [-0.4, -0.2) is 58.8 Å². The molecule has 0 spiro atoms. The van der Waals surface area contributed by atoms with Crippen LogP contribution in [0.2, 0.25) is 0 Å². The summed E-state index contributed by atoms with van der Waals surface area (Å²) in [7, 11) is 0. The number of benzene rings is 1. The quantitative estimate of drug-likeness (QED) is 0.549. The van der Waals surface area contributed by atoms with Gasteiger partial charge in [-0.15, -0.1) is 0 Å². The molecular formula is C23H22N6O4. The van der Waals surface area contributed by atoms with Gasteiger partial charge in [0.15, 0.2) is 0 Å². The number of primary amides is 1. The average molecular weight is 446 g/mol. The number of anilines is 2. The topological polar surface area (TPSA) is 140 Å². The molecule has 33 heavy (non-hydrogen) atoms. The fraction of sp³-hybridized carbons (Fsp3) is 0.261. The van der Waals surface area contributed by atoms with E-state index >= 15 is 0 Å². The Balaban J connectivity index is 1.64. The highest BCUT2D eigenvalue weighted by Crippen LogP contribution is 2.36. The number of nitrogens with two attached hydrogens (primary N) is 1. The Morgan fingerprint density at radius 3 is 2.94 bits per heavy atom. The van der Waals surface area contributed by atoms with E-state index in [1.165, 1.54) is 11.1 Å². The molecule has 10 heteroatoms. The van der Waals surface area contributed by atoms with Crippen LogP contribution < -0.4 is 21.1 Å². The van der Waals surface area contributed by atoms with Gasteiger partial charge < -0.3 is 26.0 Å².